The van der Waals surface area contributed by atoms with Crippen molar-refractivity contribution in [3.05, 3.63) is 0 Å². The average Bonchev–Trinajstić information content (AvgIpc) is 2.79. The van der Waals surface area contributed by atoms with E-state index in [-0.39, 0.29) is 0 Å². The summed E-state index contributed by atoms with van der Waals surface area (Å²) in [6, 6.07) is 1.18. The Morgan fingerprint density at radius 1 is 1.21 bits per heavy atom. The minimum absolute atomic E-state index is 0.412. The van der Waals surface area contributed by atoms with Gasteiger partial charge >= 0.3 is 0 Å². The molecule has 2 N–H and O–H groups in total. The largest absolute Gasteiger partial charge is 0.327 e. The molecule has 0 bridgehead atoms. The van der Waals surface area contributed by atoms with Gasteiger partial charge in [0.05, 0.1) is 0 Å². The first-order valence-corrected chi connectivity index (χ1v) is 6.07. The lowest BCUT2D eigenvalue weighted by Gasteiger charge is -2.39. The Hall–Kier alpha value is -0.0800. The summed E-state index contributed by atoms with van der Waals surface area (Å²) in [6.07, 6.45) is 2.64. The molecule has 0 aromatic carbocycles. The number of likely N-dealkylation sites (tertiary alicyclic amines) is 1. The maximum Gasteiger partial charge on any atom is 0.0170 e. The lowest BCUT2D eigenvalue weighted by Crippen LogP contribution is -2.50. The molecule has 2 rings (SSSR count). The Kier molecular flexibility index (Phi) is 2.85. The van der Waals surface area contributed by atoms with E-state index in [4.69, 9.17) is 5.73 Å². The summed E-state index contributed by atoms with van der Waals surface area (Å²) in [4.78, 5) is 2.62. The van der Waals surface area contributed by atoms with E-state index in [0.29, 0.717) is 6.04 Å². The summed E-state index contributed by atoms with van der Waals surface area (Å²) in [5.41, 5.74) is 6.07. The highest BCUT2D eigenvalue weighted by Crippen LogP contribution is 2.42. The SMILES string of the molecule is CC1CC(N)CN(C(C)C2CC2C)C1. The summed E-state index contributed by atoms with van der Waals surface area (Å²) in [7, 11) is 0. The van der Waals surface area contributed by atoms with Crippen LogP contribution in [0, 0.1) is 17.8 Å². The van der Waals surface area contributed by atoms with E-state index in [9.17, 15) is 0 Å². The van der Waals surface area contributed by atoms with Gasteiger partial charge in [-0.3, -0.25) is 4.90 Å². The van der Waals surface area contributed by atoms with Gasteiger partial charge in [-0.1, -0.05) is 13.8 Å². The van der Waals surface area contributed by atoms with E-state index < -0.39 is 0 Å². The third-order valence-corrected chi connectivity index (χ3v) is 4.09. The van der Waals surface area contributed by atoms with E-state index in [2.05, 4.69) is 25.7 Å². The third-order valence-electron chi connectivity index (χ3n) is 4.09. The van der Waals surface area contributed by atoms with Crippen molar-refractivity contribution in [2.75, 3.05) is 13.1 Å². The highest BCUT2D eigenvalue weighted by atomic mass is 15.2. The van der Waals surface area contributed by atoms with Crippen molar-refractivity contribution < 1.29 is 0 Å². The van der Waals surface area contributed by atoms with Crippen molar-refractivity contribution in [2.24, 2.45) is 23.5 Å². The van der Waals surface area contributed by atoms with Crippen molar-refractivity contribution in [3.8, 4) is 0 Å². The van der Waals surface area contributed by atoms with Gasteiger partial charge in [0.2, 0.25) is 0 Å². The first-order valence-electron chi connectivity index (χ1n) is 6.07. The molecule has 2 fully saturated rings. The van der Waals surface area contributed by atoms with Gasteiger partial charge in [-0.2, -0.15) is 0 Å². The van der Waals surface area contributed by atoms with Crippen LogP contribution in [0.5, 0.6) is 0 Å². The molecule has 2 nitrogen and oxygen atoms in total. The van der Waals surface area contributed by atoms with Gasteiger partial charge in [0.25, 0.3) is 0 Å². The first kappa shape index (κ1) is 10.4. The Morgan fingerprint density at radius 3 is 2.36 bits per heavy atom. The smallest absolute Gasteiger partial charge is 0.0170 e. The fourth-order valence-electron chi connectivity index (χ4n) is 3.07. The van der Waals surface area contributed by atoms with Crippen LogP contribution in [0.2, 0.25) is 0 Å². The topological polar surface area (TPSA) is 29.3 Å². The molecule has 5 atom stereocenters. The third kappa shape index (κ3) is 2.12. The molecule has 1 aliphatic heterocycles. The molecule has 1 saturated heterocycles. The van der Waals surface area contributed by atoms with E-state index in [1.54, 1.807) is 0 Å². The van der Waals surface area contributed by atoms with Crippen molar-refractivity contribution in [1.29, 1.82) is 0 Å². The molecule has 1 heterocycles. The second-order valence-corrected chi connectivity index (χ2v) is 5.67. The van der Waals surface area contributed by atoms with Crippen LogP contribution in [0.25, 0.3) is 0 Å². The molecule has 1 saturated carbocycles. The fraction of sp³-hybridized carbons (Fsp3) is 1.00. The summed E-state index contributed by atoms with van der Waals surface area (Å²) in [5, 5.41) is 0. The van der Waals surface area contributed by atoms with E-state index in [1.807, 2.05) is 0 Å². The van der Waals surface area contributed by atoms with Gasteiger partial charge in [-0.15, -0.1) is 0 Å². The Balaban J connectivity index is 1.89. The van der Waals surface area contributed by atoms with Crippen molar-refractivity contribution in [1.82, 2.24) is 4.90 Å². The molecule has 0 aromatic rings. The van der Waals surface area contributed by atoms with Gasteiger partial charge in [0.1, 0.15) is 0 Å². The van der Waals surface area contributed by atoms with E-state index in [0.717, 1.165) is 30.3 Å². The quantitative estimate of drug-likeness (QED) is 0.728. The molecule has 5 unspecified atom stereocenters. The number of nitrogens with zero attached hydrogens (tertiary/aromatic N) is 1. The van der Waals surface area contributed by atoms with E-state index >= 15 is 0 Å². The summed E-state index contributed by atoms with van der Waals surface area (Å²) in [5.74, 6) is 2.70. The number of hydrogen-bond acceptors (Lipinski definition) is 2. The van der Waals surface area contributed by atoms with E-state index in [1.165, 1.54) is 19.4 Å². The molecule has 2 heteroatoms. The normalized spacial score (nSPS) is 46.3. The molecular weight excluding hydrogens is 172 g/mol. The predicted octanol–water partition coefficient (Wildman–Crippen LogP) is 1.70. The lowest BCUT2D eigenvalue weighted by molar-refractivity contribution is 0.110. The highest BCUT2D eigenvalue weighted by molar-refractivity contribution is 4.94. The van der Waals surface area contributed by atoms with Crippen molar-refractivity contribution in [2.45, 2.75) is 45.7 Å². The zero-order chi connectivity index (χ0) is 10.3. The minimum atomic E-state index is 0.412. The van der Waals surface area contributed by atoms with Crippen LogP contribution >= 0.6 is 0 Å². The van der Waals surface area contributed by atoms with Gasteiger partial charge in [-0.05, 0) is 37.5 Å². The van der Waals surface area contributed by atoms with Crippen LogP contribution in [0.1, 0.15) is 33.6 Å². The maximum atomic E-state index is 6.07. The van der Waals surface area contributed by atoms with Gasteiger partial charge in [0, 0.05) is 25.2 Å². The zero-order valence-electron chi connectivity index (χ0n) is 9.74. The van der Waals surface area contributed by atoms with Gasteiger partial charge in [-0.25, -0.2) is 0 Å². The van der Waals surface area contributed by atoms with Crippen LogP contribution in [0.3, 0.4) is 0 Å². The lowest BCUT2D eigenvalue weighted by atomic mass is 9.94. The summed E-state index contributed by atoms with van der Waals surface area (Å²) in [6.45, 7) is 9.47. The number of rotatable bonds is 2. The molecule has 0 radical (unpaired) electrons. The van der Waals surface area contributed by atoms with Crippen LogP contribution in [0.4, 0.5) is 0 Å². The van der Waals surface area contributed by atoms with Crippen LogP contribution in [-0.2, 0) is 0 Å². The molecule has 1 aliphatic carbocycles. The highest BCUT2D eigenvalue weighted by Gasteiger charge is 2.40. The summed E-state index contributed by atoms with van der Waals surface area (Å²) < 4.78 is 0. The number of piperidine rings is 1. The van der Waals surface area contributed by atoms with Crippen molar-refractivity contribution >= 4 is 0 Å². The van der Waals surface area contributed by atoms with Gasteiger partial charge < -0.3 is 5.73 Å². The molecule has 0 aromatic heterocycles. The standard InChI is InChI=1S/C12H24N2/c1-8-4-11(13)7-14(6-8)10(3)12-5-9(12)2/h8-12H,4-7,13H2,1-3H3. The molecule has 0 amide bonds. The summed E-state index contributed by atoms with van der Waals surface area (Å²) >= 11 is 0. The molecule has 2 aliphatic rings. The van der Waals surface area contributed by atoms with Gasteiger partial charge in [0.15, 0.2) is 0 Å². The average molecular weight is 196 g/mol. The molecular formula is C12H24N2. The van der Waals surface area contributed by atoms with Crippen molar-refractivity contribution in [3.63, 3.8) is 0 Å². The number of hydrogen-bond donors (Lipinski definition) is 1. The number of nitrogens with two attached hydrogens (primary N) is 1. The fourth-order valence-corrected chi connectivity index (χ4v) is 3.07. The zero-order valence-corrected chi connectivity index (χ0v) is 9.74. The van der Waals surface area contributed by atoms with Crippen LogP contribution in [-0.4, -0.2) is 30.1 Å². The molecule has 0 spiro atoms. The Bertz CT molecular complexity index is 194. The Labute approximate surface area is 87.8 Å². The molecule has 14 heavy (non-hydrogen) atoms. The minimum Gasteiger partial charge on any atom is -0.327 e. The maximum absolute atomic E-state index is 6.07. The monoisotopic (exact) mass is 196 g/mol. The first-order chi connectivity index (χ1) is 6.58. The van der Waals surface area contributed by atoms with Crippen LogP contribution in [0.15, 0.2) is 0 Å². The second kappa shape index (κ2) is 3.82. The predicted molar refractivity (Wildman–Crippen MR) is 60.1 cm³/mol. The molecule has 82 valence electrons. The Morgan fingerprint density at radius 2 is 1.86 bits per heavy atom. The van der Waals surface area contributed by atoms with Crippen LogP contribution < -0.4 is 5.73 Å². The second-order valence-electron chi connectivity index (χ2n) is 5.67.